The van der Waals surface area contributed by atoms with Gasteiger partial charge in [-0.15, -0.1) is 6.58 Å². The molecule has 0 aromatic carbocycles. The van der Waals surface area contributed by atoms with Crippen molar-refractivity contribution in [1.29, 1.82) is 0 Å². The fourth-order valence-corrected chi connectivity index (χ4v) is 6.29. The Morgan fingerprint density at radius 3 is 2.51 bits per heavy atom. The highest BCUT2D eigenvalue weighted by molar-refractivity contribution is 7.94. The molecule has 37 heavy (non-hydrogen) atoms. The standard InChI is InChI=1S/C25H39N5O6S/c1-7-9-19(23(32)33)29-22(31)18(26)10-8-13-28-24(27)30-37(34,35)21-20-14(2)15(3)36-16(4)17(20)11-12-25(21,5)6/h7,18-19H,1,8-13,26H2,2-6H3,(H,29,31)(H,32,33)(H3,27,28,30)/t18-,19-/m0/s1. The maximum absolute atomic E-state index is 13.5. The van der Waals surface area contributed by atoms with E-state index in [1.54, 1.807) is 0 Å². The zero-order chi connectivity index (χ0) is 28.1. The van der Waals surface area contributed by atoms with Crippen molar-refractivity contribution in [2.24, 2.45) is 21.9 Å². The highest BCUT2D eigenvalue weighted by Crippen LogP contribution is 2.50. The van der Waals surface area contributed by atoms with E-state index in [1.165, 1.54) is 6.08 Å². The predicted molar refractivity (Wildman–Crippen MR) is 142 cm³/mol. The number of hydrogen-bond acceptors (Lipinski definition) is 7. The summed E-state index contributed by atoms with van der Waals surface area (Å²) in [5.74, 6) is -0.696. The van der Waals surface area contributed by atoms with Gasteiger partial charge < -0.3 is 26.6 Å². The van der Waals surface area contributed by atoms with Gasteiger partial charge in [-0.3, -0.25) is 9.79 Å². The monoisotopic (exact) mass is 537 g/mol. The van der Waals surface area contributed by atoms with Crippen molar-refractivity contribution in [3.63, 3.8) is 0 Å². The van der Waals surface area contributed by atoms with Crippen LogP contribution in [0.3, 0.4) is 0 Å². The van der Waals surface area contributed by atoms with Gasteiger partial charge in [0.1, 0.15) is 17.6 Å². The largest absolute Gasteiger partial charge is 0.480 e. The summed E-state index contributed by atoms with van der Waals surface area (Å²) in [5, 5.41) is 11.5. The lowest BCUT2D eigenvalue weighted by atomic mass is 9.74. The molecule has 0 saturated heterocycles. The summed E-state index contributed by atoms with van der Waals surface area (Å²) >= 11 is 0. The third-order valence-corrected chi connectivity index (χ3v) is 8.37. The Kier molecular flexibility index (Phi) is 9.72. The fourth-order valence-electron chi connectivity index (χ4n) is 4.47. The minimum Gasteiger partial charge on any atom is -0.480 e. The Balaban J connectivity index is 2.10. The van der Waals surface area contributed by atoms with Gasteiger partial charge in [0.15, 0.2) is 0 Å². The second-order valence-corrected chi connectivity index (χ2v) is 11.6. The molecule has 0 saturated carbocycles. The van der Waals surface area contributed by atoms with Crippen molar-refractivity contribution in [1.82, 2.24) is 10.0 Å². The number of aliphatic carboxylic acids is 1. The number of carbonyl (C=O) groups is 2. The average Bonchev–Trinajstić information content (AvgIpc) is 2.78. The first-order chi connectivity index (χ1) is 17.1. The van der Waals surface area contributed by atoms with Gasteiger partial charge in [0.2, 0.25) is 11.9 Å². The molecule has 2 aliphatic rings. The third kappa shape index (κ3) is 7.22. The number of nitrogens with one attached hydrogen (secondary N) is 2. The number of rotatable bonds is 11. The highest BCUT2D eigenvalue weighted by Gasteiger charge is 2.43. The molecule has 0 bridgehead atoms. The van der Waals surface area contributed by atoms with E-state index in [0.717, 1.165) is 11.1 Å². The number of amides is 1. The Labute approximate surface area is 218 Å². The van der Waals surface area contributed by atoms with Gasteiger partial charge in [-0.25, -0.2) is 17.9 Å². The molecule has 0 radical (unpaired) electrons. The number of fused-ring (bicyclic) bond motifs is 1. The summed E-state index contributed by atoms with van der Waals surface area (Å²) in [4.78, 5) is 27.7. The molecule has 2 rings (SSSR count). The number of allylic oxidation sites excluding steroid dienone is 6. The molecular formula is C25H39N5O6S. The SMILES string of the molecule is C=CC[C@H](NC(=O)[C@@H](N)CCCN=C(N)NS(=O)(=O)C1=C2C(C)=C(C)OC(C)=C2CCC1(C)C)C(=O)O. The maximum Gasteiger partial charge on any atom is 0.326 e. The van der Waals surface area contributed by atoms with Gasteiger partial charge >= 0.3 is 5.97 Å². The first-order valence-electron chi connectivity index (χ1n) is 12.1. The maximum atomic E-state index is 13.5. The van der Waals surface area contributed by atoms with E-state index >= 15 is 0 Å². The normalized spacial score (nSPS) is 19.6. The van der Waals surface area contributed by atoms with Crippen LogP contribution < -0.4 is 21.5 Å². The topological polar surface area (TPSA) is 186 Å². The van der Waals surface area contributed by atoms with Crippen LogP contribution in [-0.2, 0) is 24.3 Å². The van der Waals surface area contributed by atoms with E-state index in [9.17, 15) is 18.0 Å². The van der Waals surface area contributed by atoms with Gasteiger partial charge in [-0.2, -0.15) is 0 Å². The Hall–Kier alpha value is -3.12. The second-order valence-electron chi connectivity index (χ2n) is 9.95. The number of hydrogen-bond donors (Lipinski definition) is 5. The number of ether oxygens (including phenoxy) is 1. The molecule has 7 N–H and O–H groups in total. The number of carboxylic acids is 1. The summed E-state index contributed by atoms with van der Waals surface area (Å²) in [6, 6.07) is -2.05. The zero-order valence-corrected chi connectivity index (χ0v) is 23.0. The fraction of sp³-hybridized carbons (Fsp3) is 0.560. The van der Waals surface area contributed by atoms with E-state index in [4.69, 9.17) is 21.3 Å². The average molecular weight is 538 g/mol. The quantitative estimate of drug-likeness (QED) is 0.115. The molecule has 11 nitrogen and oxygen atoms in total. The summed E-state index contributed by atoms with van der Waals surface area (Å²) in [5.41, 5.74) is 13.5. The van der Waals surface area contributed by atoms with Gasteiger partial charge in [0.25, 0.3) is 10.0 Å². The molecular weight excluding hydrogens is 498 g/mol. The van der Waals surface area contributed by atoms with E-state index in [2.05, 4.69) is 21.6 Å². The Morgan fingerprint density at radius 1 is 1.27 bits per heavy atom. The number of sulfonamides is 1. The van der Waals surface area contributed by atoms with Crippen LogP contribution in [-0.4, -0.2) is 50.0 Å². The predicted octanol–water partition coefficient (Wildman–Crippen LogP) is 2.15. The van der Waals surface area contributed by atoms with Crippen LogP contribution in [0.25, 0.3) is 0 Å². The number of nitrogens with two attached hydrogens (primary N) is 2. The molecule has 0 fully saturated rings. The minimum atomic E-state index is -4.04. The molecule has 12 heteroatoms. The lowest BCUT2D eigenvalue weighted by Gasteiger charge is -2.38. The third-order valence-electron chi connectivity index (χ3n) is 6.59. The lowest BCUT2D eigenvalue weighted by Crippen LogP contribution is -2.48. The first kappa shape index (κ1) is 30.1. The van der Waals surface area contributed by atoms with Crippen molar-refractivity contribution in [2.75, 3.05) is 6.54 Å². The van der Waals surface area contributed by atoms with E-state index in [1.807, 2.05) is 34.6 Å². The van der Waals surface area contributed by atoms with Crippen LogP contribution in [0.1, 0.15) is 66.7 Å². The molecule has 0 aromatic rings. The minimum absolute atomic E-state index is 0.0719. The van der Waals surface area contributed by atoms with Crippen LogP contribution in [0.4, 0.5) is 0 Å². The van der Waals surface area contributed by atoms with Crippen LogP contribution >= 0.6 is 0 Å². The molecule has 2 atom stereocenters. The molecule has 206 valence electrons. The number of aliphatic imine (C=N–C) groups is 1. The Bertz CT molecular complexity index is 1180. The highest BCUT2D eigenvalue weighted by atomic mass is 32.2. The Morgan fingerprint density at radius 2 is 1.92 bits per heavy atom. The number of carboxylic acid groups (broad SMARTS) is 1. The van der Waals surface area contributed by atoms with Crippen LogP contribution in [0.5, 0.6) is 0 Å². The summed E-state index contributed by atoms with van der Waals surface area (Å²) in [7, 11) is -4.04. The van der Waals surface area contributed by atoms with Crippen molar-refractivity contribution in [2.45, 2.75) is 78.8 Å². The lowest BCUT2D eigenvalue weighted by molar-refractivity contribution is -0.141. The van der Waals surface area contributed by atoms with E-state index in [-0.39, 0.29) is 30.3 Å². The molecule has 0 spiro atoms. The smallest absolute Gasteiger partial charge is 0.326 e. The number of guanidine groups is 1. The molecule has 1 aliphatic heterocycles. The molecule has 1 heterocycles. The molecule has 0 unspecified atom stereocenters. The van der Waals surface area contributed by atoms with Gasteiger partial charge in [0.05, 0.1) is 10.9 Å². The van der Waals surface area contributed by atoms with Crippen molar-refractivity contribution >= 4 is 27.9 Å². The van der Waals surface area contributed by atoms with Crippen LogP contribution in [0, 0.1) is 5.41 Å². The summed E-state index contributed by atoms with van der Waals surface area (Å²) in [6.45, 7) is 12.9. The van der Waals surface area contributed by atoms with Crippen molar-refractivity contribution in [3.8, 4) is 0 Å². The number of nitrogens with zero attached hydrogens (tertiary/aromatic N) is 1. The van der Waals surface area contributed by atoms with Gasteiger partial charge in [-0.1, -0.05) is 19.9 Å². The van der Waals surface area contributed by atoms with Crippen LogP contribution in [0.15, 0.2) is 50.8 Å². The van der Waals surface area contributed by atoms with Gasteiger partial charge in [0, 0.05) is 17.5 Å². The summed E-state index contributed by atoms with van der Waals surface area (Å²) < 4.78 is 35.3. The first-order valence-corrected chi connectivity index (χ1v) is 13.6. The van der Waals surface area contributed by atoms with Crippen molar-refractivity contribution in [3.05, 3.63) is 45.8 Å². The van der Waals surface area contributed by atoms with E-state index < -0.39 is 39.4 Å². The van der Waals surface area contributed by atoms with Gasteiger partial charge in [-0.05, 0) is 64.0 Å². The number of carbonyl (C=O) groups excluding carboxylic acids is 1. The molecule has 1 aliphatic carbocycles. The zero-order valence-electron chi connectivity index (χ0n) is 22.2. The second kappa shape index (κ2) is 12.0. The van der Waals surface area contributed by atoms with Crippen LogP contribution in [0.2, 0.25) is 0 Å². The molecule has 0 aromatic heterocycles. The summed E-state index contributed by atoms with van der Waals surface area (Å²) in [6.07, 6.45) is 3.34. The molecule has 1 amide bonds. The van der Waals surface area contributed by atoms with Crippen molar-refractivity contribution < 1.29 is 27.9 Å². The van der Waals surface area contributed by atoms with E-state index in [0.29, 0.717) is 36.4 Å².